The second-order valence-corrected chi connectivity index (χ2v) is 10.7. The number of nitrogens with zero attached hydrogens (tertiary/aromatic N) is 2. The highest BCUT2D eigenvalue weighted by Gasteiger charge is 2.21. The number of carbonyl (C=O) groups excluding carboxylic acids is 1. The van der Waals surface area contributed by atoms with Gasteiger partial charge in [-0.2, -0.15) is 0 Å². The Balaban J connectivity index is 2.76. The average Bonchev–Trinajstić information content (AvgIpc) is 2.99. The van der Waals surface area contributed by atoms with Crippen LogP contribution in [0, 0.1) is 11.8 Å². The number of aliphatic carboxylic acids is 1. The molecule has 5 N–H and O–H groups in total. The lowest BCUT2D eigenvalue weighted by molar-refractivity contribution is -0.132. The Kier molecular flexibility index (Phi) is 17.6. The summed E-state index contributed by atoms with van der Waals surface area (Å²) in [6.07, 6.45) is 20.7. The van der Waals surface area contributed by atoms with Gasteiger partial charge in [-0.15, -0.1) is 0 Å². The fraction of sp³-hybridized carbons (Fsp3) is 0.400. The second kappa shape index (κ2) is 20.5. The Morgan fingerprint density at radius 1 is 1.14 bits per heavy atom. The van der Waals surface area contributed by atoms with E-state index in [-0.39, 0.29) is 29.5 Å². The number of carboxylic acids is 1. The van der Waals surface area contributed by atoms with Gasteiger partial charge in [0, 0.05) is 42.2 Å². The summed E-state index contributed by atoms with van der Waals surface area (Å²) in [5, 5.41) is 15.5. The van der Waals surface area contributed by atoms with Crippen LogP contribution in [0.15, 0.2) is 113 Å². The topological polar surface area (TPSA) is 129 Å². The normalized spacial score (nSPS) is 18.0. The molecule has 3 unspecified atom stereocenters. The van der Waals surface area contributed by atoms with Gasteiger partial charge in [0.1, 0.15) is 5.82 Å². The third-order valence-electron chi connectivity index (χ3n) is 7.11. The van der Waals surface area contributed by atoms with E-state index in [0.29, 0.717) is 23.9 Å². The van der Waals surface area contributed by atoms with Gasteiger partial charge in [-0.05, 0) is 83.6 Å². The molecule has 1 heterocycles. The average molecular weight is 606 g/mol. The lowest BCUT2D eigenvalue weighted by atomic mass is 9.97. The number of nitrogens with two attached hydrogens (primary N) is 1. The summed E-state index contributed by atoms with van der Waals surface area (Å²) in [6, 6.07) is -0.262. The molecule has 240 valence electrons. The highest BCUT2D eigenvalue weighted by Crippen LogP contribution is 2.22. The number of allylic oxidation sites excluding steroid dienone is 8. The first kappa shape index (κ1) is 37.7. The molecule has 0 radical (unpaired) electrons. The molecule has 0 aromatic heterocycles. The SMILES string of the molecule is C=C/C(=C\C=C/C)NC(/C=C/C(=O)N/C(C)=C/C=C(\N=C)N1CCC(COC(C)/C=C(\C=C/C)C(=O)O)CC1)C(C)C(=C)N. The zero-order valence-corrected chi connectivity index (χ0v) is 27.0. The predicted molar refractivity (Wildman–Crippen MR) is 181 cm³/mol. The zero-order chi connectivity index (χ0) is 33.1. The second-order valence-electron chi connectivity index (χ2n) is 10.7. The number of aliphatic imine (C=N–C) groups is 1. The number of rotatable bonds is 18. The van der Waals surface area contributed by atoms with Gasteiger partial charge in [0.15, 0.2) is 0 Å². The first-order valence-corrected chi connectivity index (χ1v) is 14.9. The minimum absolute atomic E-state index is 0.127. The maximum Gasteiger partial charge on any atom is 0.335 e. The quantitative estimate of drug-likeness (QED) is 0.0920. The third kappa shape index (κ3) is 14.2. The van der Waals surface area contributed by atoms with E-state index < -0.39 is 5.97 Å². The highest BCUT2D eigenvalue weighted by atomic mass is 16.5. The van der Waals surface area contributed by atoms with Crippen molar-refractivity contribution in [3.8, 4) is 0 Å². The Morgan fingerprint density at radius 3 is 2.36 bits per heavy atom. The van der Waals surface area contributed by atoms with Gasteiger partial charge in [-0.3, -0.25) is 4.79 Å². The zero-order valence-electron chi connectivity index (χ0n) is 27.0. The molecule has 1 aliphatic heterocycles. The van der Waals surface area contributed by atoms with Crippen molar-refractivity contribution in [1.29, 1.82) is 0 Å². The van der Waals surface area contributed by atoms with Crippen LogP contribution in [0.25, 0.3) is 0 Å². The fourth-order valence-electron chi connectivity index (χ4n) is 4.36. The van der Waals surface area contributed by atoms with E-state index in [1.165, 1.54) is 6.08 Å². The van der Waals surface area contributed by atoms with E-state index in [4.69, 9.17) is 10.5 Å². The molecule has 0 bridgehead atoms. The van der Waals surface area contributed by atoms with Gasteiger partial charge in [-0.1, -0.05) is 50.5 Å². The molecule has 9 heteroatoms. The largest absolute Gasteiger partial charge is 0.478 e. The smallest absolute Gasteiger partial charge is 0.335 e. The van der Waals surface area contributed by atoms with Crippen molar-refractivity contribution in [2.75, 3.05) is 19.7 Å². The Labute approximate surface area is 263 Å². The lowest BCUT2D eigenvalue weighted by Gasteiger charge is -2.33. The van der Waals surface area contributed by atoms with Crippen LogP contribution in [0.1, 0.15) is 47.5 Å². The van der Waals surface area contributed by atoms with Gasteiger partial charge in [0.05, 0.1) is 24.3 Å². The molecule has 1 aliphatic rings. The Hall–Kier alpha value is -4.37. The molecule has 0 aromatic carbocycles. The van der Waals surface area contributed by atoms with Crippen molar-refractivity contribution in [2.24, 2.45) is 22.6 Å². The summed E-state index contributed by atoms with van der Waals surface area (Å²) >= 11 is 0. The summed E-state index contributed by atoms with van der Waals surface area (Å²) in [5.74, 6) is -0.274. The van der Waals surface area contributed by atoms with Gasteiger partial charge in [0.2, 0.25) is 5.91 Å². The van der Waals surface area contributed by atoms with E-state index >= 15 is 0 Å². The monoisotopic (exact) mass is 605 g/mol. The molecular weight excluding hydrogens is 554 g/mol. The summed E-state index contributed by atoms with van der Waals surface area (Å²) in [4.78, 5) is 30.4. The molecule has 44 heavy (non-hydrogen) atoms. The fourth-order valence-corrected chi connectivity index (χ4v) is 4.36. The number of likely N-dealkylation sites (tertiary alicyclic amines) is 1. The van der Waals surface area contributed by atoms with Crippen molar-refractivity contribution in [1.82, 2.24) is 15.5 Å². The number of nitrogens with one attached hydrogen (secondary N) is 2. The summed E-state index contributed by atoms with van der Waals surface area (Å²) in [5.41, 5.74) is 8.15. The van der Waals surface area contributed by atoms with E-state index in [0.717, 1.165) is 37.4 Å². The molecule has 1 fully saturated rings. The van der Waals surface area contributed by atoms with Gasteiger partial charge in [0.25, 0.3) is 0 Å². The maximum atomic E-state index is 12.7. The van der Waals surface area contributed by atoms with Crippen LogP contribution >= 0.6 is 0 Å². The molecular formula is C35H51N5O4. The van der Waals surface area contributed by atoms with Crippen LogP contribution in [0.3, 0.4) is 0 Å². The summed E-state index contributed by atoms with van der Waals surface area (Å²) < 4.78 is 5.92. The number of amides is 1. The summed E-state index contributed by atoms with van der Waals surface area (Å²) in [7, 11) is 0. The number of hydrogen-bond donors (Lipinski definition) is 4. The Morgan fingerprint density at radius 2 is 1.82 bits per heavy atom. The van der Waals surface area contributed by atoms with Crippen LogP contribution in [-0.2, 0) is 14.3 Å². The van der Waals surface area contributed by atoms with Crippen molar-refractivity contribution >= 4 is 18.6 Å². The minimum atomic E-state index is -0.968. The Bertz CT molecular complexity index is 1210. The molecule has 1 amide bonds. The maximum absolute atomic E-state index is 12.7. The predicted octanol–water partition coefficient (Wildman–Crippen LogP) is 5.52. The summed E-state index contributed by atoms with van der Waals surface area (Å²) in [6.45, 7) is 22.9. The van der Waals surface area contributed by atoms with Crippen LogP contribution in [0.4, 0.5) is 0 Å². The van der Waals surface area contributed by atoms with Crippen molar-refractivity contribution in [3.05, 3.63) is 108 Å². The van der Waals surface area contributed by atoms with E-state index in [9.17, 15) is 14.7 Å². The molecule has 0 saturated carbocycles. The molecule has 1 rings (SSSR count). The lowest BCUT2D eigenvalue weighted by Crippen LogP contribution is -2.35. The van der Waals surface area contributed by atoms with Crippen LogP contribution in [0.2, 0.25) is 0 Å². The number of carbonyl (C=O) groups is 2. The minimum Gasteiger partial charge on any atom is -0.478 e. The highest BCUT2D eigenvalue weighted by molar-refractivity contribution is 5.90. The molecule has 0 aromatic rings. The van der Waals surface area contributed by atoms with Gasteiger partial charge in [-0.25, -0.2) is 9.79 Å². The first-order chi connectivity index (χ1) is 20.9. The van der Waals surface area contributed by atoms with Crippen LogP contribution < -0.4 is 16.4 Å². The number of piperidine rings is 1. The van der Waals surface area contributed by atoms with E-state index in [1.54, 1.807) is 43.4 Å². The van der Waals surface area contributed by atoms with Crippen molar-refractivity contribution < 1.29 is 19.4 Å². The van der Waals surface area contributed by atoms with E-state index in [2.05, 4.69) is 40.4 Å². The van der Waals surface area contributed by atoms with Gasteiger partial charge < -0.3 is 31.1 Å². The van der Waals surface area contributed by atoms with E-state index in [1.807, 2.05) is 52.0 Å². The molecule has 0 aliphatic carbocycles. The molecule has 9 nitrogen and oxygen atoms in total. The number of ether oxygens (including phenoxy) is 1. The van der Waals surface area contributed by atoms with Crippen LogP contribution in [0.5, 0.6) is 0 Å². The molecule has 1 saturated heterocycles. The van der Waals surface area contributed by atoms with Gasteiger partial charge >= 0.3 is 5.97 Å². The van der Waals surface area contributed by atoms with Crippen LogP contribution in [-0.4, -0.2) is 60.4 Å². The van der Waals surface area contributed by atoms with Crippen molar-refractivity contribution in [3.63, 3.8) is 0 Å². The number of hydrogen-bond acceptors (Lipinski definition) is 7. The molecule has 0 spiro atoms. The van der Waals surface area contributed by atoms with Crippen molar-refractivity contribution in [2.45, 2.75) is 59.6 Å². The number of carboxylic acid groups (broad SMARTS) is 1. The first-order valence-electron chi connectivity index (χ1n) is 14.9. The molecule has 3 atom stereocenters. The third-order valence-corrected chi connectivity index (χ3v) is 7.11. The standard InChI is InChI=1S/C35H51N5O4/c1-9-12-14-31(11-3)39-32(27(6)28(7)36)16-18-34(41)38-25(4)15-17-33(37-8)40-21-19-29(20-22-40)24-44-26(5)23-30(13-10-2)35(42)43/h9-18,23,26-27,29,32,39H,3,7-8,19-22,24,36H2,1-2,4-6H3,(H,38,41)(H,42,43)/b12-9-,13-10-,18-16+,25-15+,30-23+,31-14+,33-17+.